The molecule has 0 N–H and O–H groups in total. The van der Waals surface area contributed by atoms with Gasteiger partial charge in [-0.3, -0.25) is 0 Å². The van der Waals surface area contributed by atoms with E-state index in [1.54, 1.807) is 0 Å². The number of benzene rings is 2. The first kappa shape index (κ1) is 21.8. The zero-order chi connectivity index (χ0) is 22.0. The van der Waals surface area contributed by atoms with Crippen LogP contribution in [0.4, 0.5) is 0 Å². The smallest absolute Gasteiger partial charge is 0.218 e. The molecule has 4 aromatic rings. The molecule has 0 saturated heterocycles. The number of unbranched alkanes of at least 4 members (excludes halogenated alkanes) is 1. The van der Waals surface area contributed by atoms with Crippen LogP contribution in [0.25, 0.3) is 11.0 Å². The largest absolute Gasteiger partial charge is 0.477 e. The monoisotopic (exact) mass is 428 g/mol. The van der Waals surface area contributed by atoms with Crippen molar-refractivity contribution in [2.24, 2.45) is 0 Å². The minimum Gasteiger partial charge on any atom is -0.477 e. The van der Waals surface area contributed by atoms with E-state index in [0.717, 1.165) is 29.4 Å². The first-order chi connectivity index (χ1) is 15.8. The predicted octanol–water partition coefficient (Wildman–Crippen LogP) is 5.89. The van der Waals surface area contributed by atoms with Crippen LogP contribution in [0, 0.1) is 6.92 Å². The lowest BCUT2D eigenvalue weighted by molar-refractivity contribution is 0.113. The van der Waals surface area contributed by atoms with E-state index in [9.17, 15) is 0 Å². The second-order valence-corrected chi connectivity index (χ2v) is 7.67. The topological polar surface area (TPSA) is 53.5 Å². The van der Waals surface area contributed by atoms with Crippen molar-refractivity contribution >= 4 is 11.0 Å². The Morgan fingerprint density at radius 2 is 1.38 bits per heavy atom. The van der Waals surface area contributed by atoms with Gasteiger partial charge in [0.05, 0.1) is 13.2 Å². The van der Waals surface area contributed by atoms with Gasteiger partial charge in [0, 0.05) is 23.6 Å². The van der Waals surface area contributed by atoms with Crippen LogP contribution in [0.2, 0.25) is 0 Å². The third-order valence-corrected chi connectivity index (χ3v) is 5.06. The van der Waals surface area contributed by atoms with Gasteiger partial charge in [-0.15, -0.1) is 0 Å². The number of hydrogen-bond acceptors (Lipinski definition) is 5. The lowest BCUT2D eigenvalue weighted by atomic mass is 10.2. The summed E-state index contributed by atoms with van der Waals surface area (Å²) < 4.78 is 17.5. The van der Waals surface area contributed by atoms with E-state index in [0.29, 0.717) is 43.8 Å². The number of hydrogen-bond donors (Lipinski definition) is 0. The lowest BCUT2D eigenvalue weighted by Gasteiger charge is -2.10. The van der Waals surface area contributed by atoms with Crippen molar-refractivity contribution in [2.75, 3.05) is 13.2 Å². The molecule has 0 aliphatic heterocycles. The molecule has 2 aromatic carbocycles. The molecule has 0 atom stereocenters. The number of aryl methyl sites for hydroxylation is 1. The van der Waals surface area contributed by atoms with Crippen LogP contribution in [0.3, 0.4) is 0 Å². The molecule has 0 spiro atoms. The summed E-state index contributed by atoms with van der Waals surface area (Å²) >= 11 is 0. The average molecular weight is 429 g/mol. The molecule has 0 bridgehead atoms. The van der Waals surface area contributed by atoms with Crippen molar-refractivity contribution in [2.45, 2.75) is 33.0 Å². The summed E-state index contributed by atoms with van der Waals surface area (Å²) in [5.41, 5.74) is 3.92. The molecular weight excluding hydrogens is 400 g/mol. The van der Waals surface area contributed by atoms with Gasteiger partial charge in [-0.1, -0.05) is 60.7 Å². The molecule has 0 aliphatic rings. The van der Waals surface area contributed by atoms with Crippen molar-refractivity contribution in [1.82, 2.24) is 9.97 Å². The Morgan fingerprint density at radius 1 is 0.688 bits per heavy atom. The number of rotatable bonds is 11. The van der Waals surface area contributed by atoms with E-state index in [4.69, 9.17) is 14.2 Å². The van der Waals surface area contributed by atoms with Crippen molar-refractivity contribution in [3.05, 3.63) is 95.6 Å². The minimum atomic E-state index is 0.473. The molecule has 0 unspecified atom stereocenters. The number of nitrogens with zero attached hydrogens (tertiary/aromatic N) is 2. The second kappa shape index (κ2) is 11.3. The number of fused-ring (bicyclic) bond motifs is 1. The fourth-order valence-corrected chi connectivity index (χ4v) is 3.32. The third-order valence-electron chi connectivity index (χ3n) is 5.06. The van der Waals surface area contributed by atoms with Crippen LogP contribution in [-0.4, -0.2) is 23.2 Å². The number of ether oxygens (including phenoxy) is 3. The molecule has 0 amide bonds. The Balaban J connectivity index is 1.26. The molecule has 164 valence electrons. The quantitative estimate of drug-likeness (QED) is 0.279. The van der Waals surface area contributed by atoms with E-state index in [2.05, 4.69) is 28.2 Å². The number of pyridine rings is 2. The van der Waals surface area contributed by atoms with E-state index in [1.807, 2.05) is 67.6 Å². The summed E-state index contributed by atoms with van der Waals surface area (Å²) in [4.78, 5) is 9.18. The van der Waals surface area contributed by atoms with Crippen molar-refractivity contribution < 1.29 is 14.2 Å². The van der Waals surface area contributed by atoms with Crippen LogP contribution < -0.4 is 9.47 Å². The van der Waals surface area contributed by atoms with E-state index < -0.39 is 0 Å². The Bertz CT molecular complexity index is 1120. The molecular formula is C27H28N2O3. The number of aromatic nitrogens is 2. The summed E-state index contributed by atoms with van der Waals surface area (Å²) in [5.74, 6) is 1.18. The molecule has 0 fully saturated rings. The Labute approximate surface area is 189 Å². The van der Waals surface area contributed by atoms with Crippen LogP contribution in [-0.2, 0) is 18.0 Å². The highest BCUT2D eigenvalue weighted by molar-refractivity contribution is 5.76. The van der Waals surface area contributed by atoms with Gasteiger partial charge in [-0.05, 0) is 43.0 Å². The van der Waals surface area contributed by atoms with E-state index >= 15 is 0 Å². The maximum Gasteiger partial charge on any atom is 0.218 e. The zero-order valence-electron chi connectivity index (χ0n) is 18.4. The first-order valence-electron chi connectivity index (χ1n) is 11.0. The van der Waals surface area contributed by atoms with E-state index in [-0.39, 0.29) is 0 Å². The standard InChI is InChI=1S/C27H28N2O3/c1-21-18-24-14-15-25(32-20-23-12-6-3-7-13-23)28-26(24)29-27(21)31-17-9-8-16-30-19-22-10-4-2-5-11-22/h2-7,10-15,18H,8-9,16-17,19-20H2,1H3. The Morgan fingerprint density at radius 3 is 2.12 bits per heavy atom. The molecule has 0 saturated carbocycles. The third kappa shape index (κ3) is 6.28. The van der Waals surface area contributed by atoms with Gasteiger partial charge in [-0.2, -0.15) is 9.97 Å². The summed E-state index contributed by atoms with van der Waals surface area (Å²) in [6.07, 6.45) is 1.84. The van der Waals surface area contributed by atoms with Gasteiger partial charge in [0.2, 0.25) is 11.8 Å². The normalized spacial score (nSPS) is 10.9. The Hall–Kier alpha value is -3.44. The van der Waals surface area contributed by atoms with Gasteiger partial charge in [0.1, 0.15) is 6.61 Å². The first-order valence-corrected chi connectivity index (χ1v) is 11.0. The molecule has 32 heavy (non-hydrogen) atoms. The predicted molar refractivity (Wildman–Crippen MR) is 126 cm³/mol. The van der Waals surface area contributed by atoms with Crippen LogP contribution >= 0.6 is 0 Å². The highest BCUT2D eigenvalue weighted by Crippen LogP contribution is 2.23. The maximum atomic E-state index is 5.93. The summed E-state index contributed by atoms with van der Waals surface area (Å²) in [6, 6.07) is 26.2. The maximum absolute atomic E-state index is 5.93. The van der Waals surface area contributed by atoms with Crippen LogP contribution in [0.5, 0.6) is 11.8 Å². The van der Waals surface area contributed by atoms with Crippen molar-refractivity contribution in [1.29, 1.82) is 0 Å². The van der Waals surface area contributed by atoms with Gasteiger partial charge >= 0.3 is 0 Å². The summed E-state index contributed by atoms with van der Waals surface area (Å²) in [5, 5.41) is 0.969. The molecule has 5 nitrogen and oxygen atoms in total. The Kier molecular flexibility index (Phi) is 7.66. The van der Waals surface area contributed by atoms with Gasteiger partial charge < -0.3 is 14.2 Å². The molecule has 4 rings (SSSR count). The lowest BCUT2D eigenvalue weighted by Crippen LogP contribution is -2.04. The van der Waals surface area contributed by atoms with E-state index in [1.165, 1.54) is 5.56 Å². The zero-order valence-corrected chi connectivity index (χ0v) is 18.4. The van der Waals surface area contributed by atoms with Gasteiger partial charge in [0.15, 0.2) is 5.65 Å². The molecule has 2 aromatic heterocycles. The minimum absolute atomic E-state index is 0.473. The molecule has 2 heterocycles. The average Bonchev–Trinajstić information content (AvgIpc) is 2.83. The molecule has 0 radical (unpaired) electrons. The van der Waals surface area contributed by atoms with Crippen molar-refractivity contribution in [3.8, 4) is 11.8 Å². The molecule has 0 aliphatic carbocycles. The highest BCUT2D eigenvalue weighted by Gasteiger charge is 2.08. The summed E-state index contributed by atoms with van der Waals surface area (Å²) in [7, 11) is 0. The second-order valence-electron chi connectivity index (χ2n) is 7.67. The fraction of sp³-hybridized carbons (Fsp3) is 0.259. The van der Waals surface area contributed by atoms with Gasteiger partial charge in [0.25, 0.3) is 0 Å². The summed E-state index contributed by atoms with van der Waals surface area (Å²) in [6.45, 7) is 4.43. The van der Waals surface area contributed by atoms with Gasteiger partial charge in [-0.25, -0.2) is 0 Å². The highest BCUT2D eigenvalue weighted by atomic mass is 16.5. The van der Waals surface area contributed by atoms with Crippen molar-refractivity contribution in [3.63, 3.8) is 0 Å². The van der Waals surface area contributed by atoms with Crippen LogP contribution in [0.15, 0.2) is 78.9 Å². The van der Waals surface area contributed by atoms with Crippen LogP contribution in [0.1, 0.15) is 29.5 Å². The fourth-order valence-electron chi connectivity index (χ4n) is 3.32. The molecule has 5 heteroatoms. The SMILES string of the molecule is Cc1cc2ccc(OCc3ccccc3)nc2nc1OCCCCOCc1ccccc1.